The minimum Gasteiger partial charge on any atom is -0.493 e. The number of aryl methyl sites for hydroxylation is 1. The van der Waals surface area contributed by atoms with Crippen molar-refractivity contribution < 1.29 is 14.1 Å². The number of aromatic nitrogens is 3. The molecule has 0 spiro atoms. The molecule has 0 aliphatic heterocycles. The molecule has 0 saturated heterocycles. The Morgan fingerprint density at radius 3 is 2.64 bits per heavy atom. The average Bonchev–Trinajstić information content (AvgIpc) is 3.55. The van der Waals surface area contributed by atoms with Gasteiger partial charge in [-0.2, -0.15) is 4.98 Å². The lowest BCUT2D eigenvalue weighted by Crippen LogP contribution is -2.30. The van der Waals surface area contributed by atoms with Crippen LogP contribution < -0.4 is 4.74 Å². The molecular weight excluding hydrogens is 354 g/mol. The Balaban J connectivity index is 1.38. The lowest BCUT2D eigenvalue weighted by molar-refractivity contribution is 0.0936. The minimum atomic E-state index is -0.402. The zero-order valence-corrected chi connectivity index (χ0v) is 16.6. The van der Waals surface area contributed by atoms with Crippen LogP contribution in [0.5, 0.6) is 5.75 Å². The van der Waals surface area contributed by atoms with Gasteiger partial charge in [-0.1, -0.05) is 12.1 Å². The van der Waals surface area contributed by atoms with Crippen molar-refractivity contribution in [2.45, 2.75) is 70.1 Å². The van der Waals surface area contributed by atoms with Crippen LogP contribution in [-0.4, -0.2) is 27.5 Å². The first-order chi connectivity index (χ1) is 13.5. The SMILES string of the molecule is Cc1nc(C(C)(CC(=O)c2cc(OCC3CC3)c(C3CC3)cn2)C2CC2)no1. The van der Waals surface area contributed by atoms with Gasteiger partial charge < -0.3 is 9.26 Å². The number of carbonyl (C=O) groups excluding carboxylic acids is 1. The van der Waals surface area contributed by atoms with Crippen LogP contribution in [0.2, 0.25) is 0 Å². The summed E-state index contributed by atoms with van der Waals surface area (Å²) >= 11 is 0. The van der Waals surface area contributed by atoms with E-state index in [0.29, 0.717) is 41.6 Å². The molecule has 0 bridgehead atoms. The number of hydrogen-bond acceptors (Lipinski definition) is 6. The molecule has 3 fully saturated rings. The van der Waals surface area contributed by atoms with Crippen molar-refractivity contribution in [3.05, 3.63) is 35.2 Å². The lowest BCUT2D eigenvalue weighted by atomic mass is 9.78. The highest BCUT2D eigenvalue weighted by Crippen LogP contribution is 2.49. The van der Waals surface area contributed by atoms with E-state index in [-0.39, 0.29) is 5.78 Å². The number of Topliss-reactive ketones (excluding diaryl/α,β-unsaturated/α-hetero) is 1. The number of hydrogen-bond donors (Lipinski definition) is 0. The summed E-state index contributed by atoms with van der Waals surface area (Å²) in [4.78, 5) is 22.1. The normalized spacial score (nSPS) is 21.4. The Morgan fingerprint density at radius 2 is 2.04 bits per heavy atom. The van der Waals surface area contributed by atoms with Gasteiger partial charge in [0, 0.05) is 36.6 Å². The zero-order valence-electron chi connectivity index (χ0n) is 16.6. The molecule has 3 aliphatic rings. The summed E-state index contributed by atoms with van der Waals surface area (Å²) in [6.45, 7) is 4.61. The van der Waals surface area contributed by atoms with Crippen LogP contribution in [0.4, 0.5) is 0 Å². The Labute approximate surface area is 165 Å². The van der Waals surface area contributed by atoms with Gasteiger partial charge in [-0.15, -0.1) is 0 Å². The number of nitrogens with zero attached hydrogens (tertiary/aromatic N) is 3. The number of rotatable bonds is 9. The summed E-state index contributed by atoms with van der Waals surface area (Å²) in [7, 11) is 0. The second kappa shape index (κ2) is 6.68. The van der Waals surface area contributed by atoms with Crippen molar-refractivity contribution in [1.29, 1.82) is 0 Å². The number of carbonyl (C=O) groups is 1. The highest BCUT2D eigenvalue weighted by molar-refractivity contribution is 5.95. The smallest absolute Gasteiger partial charge is 0.223 e. The van der Waals surface area contributed by atoms with Crippen molar-refractivity contribution in [2.24, 2.45) is 11.8 Å². The Bertz CT molecular complexity index is 896. The van der Waals surface area contributed by atoms with E-state index in [1.54, 1.807) is 6.92 Å². The van der Waals surface area contributed by atoms with Crippen molar-refractivity contribution >= 4 is 5.78 Å². The van der Waals surface area contributed by atoms with Gasteiger partial charge >= 0.3 is 0 Å². The first-order valence-electron chi connectivity index (χ1n) is 10.5. The quantitative estimate of drug-likeness (QED) is 0.600. The zero-order chi connectivity index (χ0) is 19.3. The first kappa shape index (κ1) is 17.8. The third-order valence-electron chi connectivity index (χ3n) is 6.41. The van der Waals surface area contributed by atoms with E-state index in [4.69, 9.17) is 9.26 Å². The highest BCUT2D eigenvalue weighted by atomic mass is 16.5. The van der Waals surface area contributed by atoms with Crippen LogP contribution in [0, 0.1) is 18.8 Å². The van der Waals surface area contributed by atoms with Crippen LogP contribution in [0.15, 0.2) is 16.8 Å². The molecule has 6 nitrogen and oxygen atoms in total. The predicted molar refractivity (Wildman–Crippen MR) is 102 cm³/mol. The van der Waals surface area contributed by atoms with Crippen molar-refractivity contribution in [1.82, 2.24) is 15.1 Å². The van der Waals surface area contributed by atoms with Crippen LogP contribution in [0.25, 0.3) is 0 Å². The molecule has 2 aromatic rings. The summed E-state index contributed by atoms with van der Waals surface area (Å²) in [5.41, 5.74) is 1.25. The molecule has 2 heterocycles. The van der Waals surface area contributed by atoms with Crippen molar-refractivity contribution in [2.75, 3.05) is 6.61 Å². The predicted octanol–water partition coefficient (Wildman–Crippen LogP) is 4.38. The maximum absolute atomic E-state index is 13.2. The van der Waals surface area contributed by atoms with Gasteiger partial charge in [-0.3, -0.25) is 9.78 Å². The van der Waals surface area contributed by atoms with E-state index in [1.165, 1.54) is 25.7 Å². The molecule has 0 radical (unpaired) electrons. The average molecular weight is 381 g/mol. The number of ether oxygens (including phenoxy) is 1. The molecule has 3 aliphatic carbocycles. The van der Waals surface area contributed by atoms with Gasteiger partial charge in [0.05, 0.1) is 6.61 Å². The number of ketones is 1. The molecule has 1 unspecified atom stereocenters. The molecule has 0 amide bonds. The molecule has 1 atom stereocenters. The molecule has 0 aromatic carbocycles. The Kier molecular flexibility index (Phi) is 4.25. The molecule has 5 rings (SSSR count). The third kappa shape index (κ3) is 3.56. The van der Waals surface area contributed by atoms with Crippen LogP contribution in [-0.2, 0) is 5.41 Å². The van der Waals surface area contributed by atoms with E-state index in [2.05, 4.69) is 22.0 Å². The molecular formula is C22H27N3O3. The first-order valence-corrected chi connectivity index (χ1v) is 10.5. The summed E-state index contributed by atoms with van der Waals surface area (Å²) in [5, 5.41) is 4.13. The maximum Gasteiger partial charge on any atom is 0.223 e. The van der Waals surface area contributed by atoms with E-state index >= 15 is 0 Å². The molecule has 148 valence electrons. The van der Waals surface area contributed by atoms with Gasteiger partial charge in [0.1, 0.15) is 11.4 Å². The minimum absolute atomic E-state index is 0.0236. The van der Waals surface area contributed by atoms with E-state index in [9.17, 15) is 4.79 Å². The van der Waals surface area contributed by atoms with E-state index in [1.807, 2.05) is 12.3 Å². The lowest BCUT2D eigenvalue weighted by Gasteiger charge is -2.25. The van der Waals surface area contributed by atoms with Gasteiger partial charge in [0.2, 0.25) is 5.89 Å². The molecule has 2 aromatic heterocycles. The van der Waals surface area contributed by atoms with E-state index < -0.39 is 5.41 Å². The molecule has 0 N–H and O–H groups in total. The van der Waals surface area contributed by atoms with Gasteiger partial charge in [0.25, 0.3) is 0 Å². The highest BCUT2D eigenvalue weighted by Gasteiger charge is 2.47. The molecule has 3 saturated carbocycles. The van der Waals surface area contributed by atoms with Crippen molar-refractivity contribution in [3.8, 4) is 5.75 Å². The molecule has 28 heavy (non-hydrogen) atoms. The van der Waals surface area contributed by atoms with Crippen LogP contribution >= 0.6 is 0 Å². The fourth-order valence-corrected chi connectivity index (χ4v) is 4.00. The van der Waals surface area contributed by atoms with E-state index in [0.717, 1.165) is 30.8 Å². The largest absolute Gasteiger partial charge is 0.493 e. The fourth-order valence-electron chi connectivity index (χ4n) is 4.00. The summed E-state index contributed by atoms with van der Waals surface area (Å²) < 4.78 is 11.3. The second-order valence-electron chi connectivity index (χ2n) is 9.06. The van der Waals surface area contributed by atoms with Crippen LogP contribution in [0.3, 0.4) is 0 Å². The van der Waals surface area contributed by atoms with Gasteiger partial charge in [-0.05, 0) is 56.3 Å². The third-order valence-corrected chi connectivity index (χ3v) is 6.41. The Hall–Kier alpha value is -2.24. The standard InChI is InChI=1S/C22H27N3O3/c1-13-24-21(25-28-13)22(2,16-7-8-16)10-19(26)18-9-20(27-12-14-3-4-14)17(11-23-18)15-5-6-15/h9,11,14-16H,3-8,10,12H2,1-2H3. The maximum atomic E-state index is 13.2. The van der Waals surface area contributed by atoms with Crippen LogP contribution in [0.1, 0.15) is 85.6 Å². The van der Waals surface area contributed by atoms with Gasteiger partial charge in [0.15, 0.2) is 11.6 Å². The summed E-state index contributed by atoms with van der Waals surface area (Å²) in [5.74, 6) is 3.71. The summed E-state index contributed by atoms with van der Waals surface area (Å²) in [6.07, 6.45) is 9.27. The molecule has 6 heteroatoms. The summed E-state index contributed by atoms with van der Waals surface area (Å²) in [6, 6.07) is 1.87. The fraction of sp³-hybridized carbons (Fsp3) is 0.636. The van der Waals surface area contributed by atoms with Crippen molar-refractivity contribution in [3.63, 3.8) is 0 Å². The number of pyridine rings is 1. The monoisotopic (exact) mass is 381 g/mol. The second-order valence-corrected chi connectivity index (χ2v) is 9.06. The Morgan fingerprint density at radius 1 is 1.25 bits per heavy atom. The topological polar surface area (TPSA) is 78.1 Å². The van der Waals surface area contributed by atoms with Gasteiger partial charge in [-0.25, -0.2) is 0 Å².